The van der Waals surface area contributed by atoms with Gasteiger partial charge < -0.3 is 41.0 Å². The molecule has 4 aromatic carbocycles. The maximum absolute atomic E-state index is 12.5. The van der Waals surface area contributed by atoms with Gasteiger partial charge in [-0.25, -0.2) is 9.97 Å². The third-order valence-electron chi connectivity index (χ3n) is 7.69. The fourth-order valence-electron chi connectivity index (χ4n) is 5.16. The van der Waals surface area contributed by atoms with Crippen molar-refractivity contribution in [3.8, 4) is 23.3 Å². The number of nitrogen functional groups attached to an aromatic ring is 2. The number of rotatable bonds is 15. The summed E-state index contributed by atoms with van der Waals surface area (Å²) in [6.07, 6.45) is 2.92. The van der Waals surface area contributed by atoms with Crippen molar-refractivity contribution in [2.45, 2.75) is 0 Å². The monoisotopic (exact) mass is 672 g/mol. The first-order chi connectivity index (χ1) is 24.5. The number of hydrogen-bond donors (Lipinski definition) is 4. The number of amides is 2. The minimum Gasteiger partial charge on any atom is -0.438 e. The Bertz CT molecular complexity index is 1940. The molecule has 6 rings (SSSR count). The number of fused-ring (bicyclic) bond motifs is 2. The van der Waals surface area contributed by atoms with Gasteiger partial charge in [0.25, 0.3) is 11.8 Å². The van der Waals surface area contributed by atoms with E-state index in [9.17, 15) is 9.59 Å². The summed E-state index contributed by atoms with van der Waals surface area (Å²) in [5.41, 5.74) is 14.3. The summed E-state index contributed by atoms with van der Waals surface area (Å²) >= 11 is 0. The Morgan fingerprint density at radius 2 is 0.940 bits per heavy atom. The van der Waals surface area contributed by atoms with Crippen LogP contribution in [-0.2, 0) is 9.47 Å². The maximum Gasteiger partial charge on any atom is 0.252 e. The summed E-state index contributed by atoms with van der Waals surface area (Å²) in [6.45, 7) is 1.94. The van der Waals surface area contributed by atoms with Crippen LogP contribution in [0.2, 0.25) is 0 Å². The molecule has 0 radical (unpaired) electrons. The highest BCUT2D eigenvalue weighted by atomic mass is 16.5. The highest BCUT2D eigenvalue weighted by Gasteiger charge is 2.11. The van der Waals surface area contributed by atoms with E-state index in [-0.39, 0.29) is 11.8 Å². The van der Waals surface area contributed by atoms with E-state index in [1.807, 2.05) is 72.8 Å². The van der Waals surface area contributed by atoms with Crippen LogP contribution in [0.3, 0.4) is 0 Å². The van der Waals surface area contributed by atoms with Crippen LogP contribution in [-0.4, -0.2) is 61.3 Å². The third-order valence-corrected chi connectivity index (χ3v) is 7.69. The molecular weight excluding hydrogens is 636 g/mol. The molecule has 0 bridgehead atoms. The highest BCUT2D eigenvalue weighted by molar-refractivity contribution is 5.98. The molecule has 12 nitrogen and oxygen atoms in total. The van der Waals surface area contributed by atoms with Crippen LogP contribution in [0.15, 0.2) is 109 Å². The van der Waals surface area contributed by atoms with Crippen molar-refractivity contribution in [3.63, 3.8) is 0 Å². The van der Waals surface area contributed by atoms with Crippen LogP contribution in [0.4, 0.5) is 11.4 Å². The molecule has 0 aliphatic heterocycles. The smallest absolute Gasteiger partial charge is 0.252 e. The van der Waals surface area contributed by atoms with Crippen LogP contribution >= 0.6 is 0 Å². The van der Waals surface area contributed by atoms with E-state index in [0.29, 0.717) is 85.3 Å². The van der Waals surface area contributed by atoms with Gasteiger partial charge >= 0.3 is 0 Å². The second-order valence-electron chi connectivity index (χ2n) is 11.1. The molecule has 0 saturated heterocycles. The normalized spacial score (nSPS) is 11.0. The van der Waals surface area contributed by atoms with Crippen molar-refractivity contribution in [3.05, 3.63) is 121 Å². The molecular formula is C38H36N6O6. The summed E-state index contributed by atoms with van der Waals surface area (Å²) in [4.78, 5) is 33.5. The number of hydrogen-bond acceptors (Lipinski definition) is 10. The van der Waals surface area contributed by atoms with Crippen LogP contribution in [0, 0.1) is 0 Å². The molecule has 6 N–H and O–H groups in total. The fraction of sp³-hybridized carbons (Fsp3) is 0.158. The lowest BCUT2D eigenvalue weighted by molar-refractivity contribution is 0.0486. The van der Waals surface area contributed by atoms with Gasteiger partial charge in [0.05, 0.1) is 37.6 Å². The van der Waals surface area contributed by atoms with Crippen LogP contribution in [0.25, 0.3) is 21.5 Å². The average molecular weight is 673 g/mol. The SMILES string of the molecule is Nc1cccc2c(Oc3ccc(C(=O)NCCOCCOCCNC(=O)c4ccc(Oc5cccc6c(N)cccc56)nc4)cn3)cccc12. The molecule has 0 atom stereocenters. The average Bonchev–Trinajstić information content (AvgIpc) is 3.14. The van der Waals surface area contributed by atoms with Gasteiger partial charge in [-0.15, -0.1) is 0 Å². The van der Waals surface area contributed by atoms with E-state index in [2.05, 4.69) is 20.6 Å². The number of carbonyl (C=O) groups is 2. The zero-order valence-corrected chi connectivity index (χ0v) is 27.1. The Morgan fingerprint density at radius 3 is 1.36 bits per heavy atom. The topological polar surface area (TPSA) is 173 Å². The number of nitrogens with zero attached hydrogens (tertiary/aromatic N) is 2. The largest absolute Gasteiger partial charge is 0.438 e. The molecule has 0 aliphatic carbocycles. The number of anilines is 2. The lowest BCUT2D eigenvalue weighted by Gasteiger charge is -2.10. The molecule has 0 aliphatic rings. The van der Waals surface area contributed by atoms with Crippen LogP contribution in [0.5, 0.6) is 23.3 Å². The van der Waals surface area contributed by atoms with Gasteiger partial charge in [-0.2, -0.15) is 0 Å². The Morgan fingerprint density at radius 1 is 0.520 bits per heavy atom. The predicted octanol–water partition coefficient (Wildman–Crippen LogP) is 5.73. The van der Waals surface area contributed by atoms with E-state index in [1.165, 1.54) is 12.4 Å². The zero-order valence-electron chi connectivity index (χ0n) is 27.1. The molecule has 50 heavy (non-hydrogen) atoms. The minimum atomic E-state index is -0.273. The molecule has 0 unspecified atom stereocenters. The van der Waals surface area contributed by atoms with Crippen LogP contribution < -0.4 is 31.6 Å². The van der Waals surface area contributed by atoms with Gasteiger partial charge in [-0.3, -0.25) is 9.59 Å². The zero-order chi connectivity index (χ0) is 34.7. The van der Waals surface area contributed by atoms with E-state index < -0.39 is 0 Å². The van der Waals surface area contributed by atoms with Crippen molar-refractivity contribution >= 4 is 44.7 Å². The van der Waals surface area contributed by atoms with Crippen LogP contribution in [0.1, 0.15) is 20.7 Å². The number of aromatic nitrogens is 2. The molecule has 2 heterocycles. The molecule has 6 aromatic rings. The van der Waals surface area contributed by atoms with Gasteiger partial charge in [0.2, 0.25) is 11.8 Å². The summed E-state index contributed by atoms with van der Waals surface area (Å²) in [5.74, 6) is 1.43. The van der Waals surface area contributed by atoms with E-state index in [4.69, 9.17) is 30.4 Å². The number of nitrogens with one attached hydrogen (secondary N) is 2. The second-order valence-corrected chi connectivity index (χ2v) is 11.1. The van der Waals surface area contributed by atoms with E-state index >= 15 is 0 Å². The third kappa shape index (κ3) is 8.42. The minimum absolute atomic E-state index is 0.273. The van der Waals surface area contributed by atoms with Crippen molar-refractivity contribution in [2.24, 2.45) is 0 Å². The molecule has 0 spiro atoms. The first-order valence-electron chi connectivity index (χ1n) is 16.0. The Kier molecular flexibility index (Phi) is 10.9. The highest BCUT2D eigenvalue weighted by Crippen LogP contribution is 2.33. The Labute approximate surface area is 288 Å². The number of carbonyl (C=O) groups excluding carboxylic acids is 2. The molecule has 12 heteroatoms. The van der Waals surface area contributed by atoms with Crippen molar-refractivity contribution < 1.29 is 28.5 Å². The van der Waals surface area contributed by atoms with E-state index in [0.717, 1.165) is 21.5 Å². The van der Waals surface area contributed by atoms with Gasteiger partial charge in [-0.1, -0.05) is 48.5 Å². The number of benzene rings is 4. The number of pyridine rings is 2. The van der Waals surface area contributed by atoms with E-state index in [1.54, 1.807) is 24.3 Å². The Balaban J connectivity index is 0.828. The van der Waals surface area contributed by atoms with Gasteiger partial charge in [-0.05, 0) is 36.4 Å². The first-order valence-corrected chi connectivity index (χ1v) is 16.0. The number of nitrogens with two attached hydrogens (primary N) is 2. The molecule has 2 aromatic heterocycles. The summed E-state index contributed by atoms with van der Waals surface area (Å²) in [6, 6.07) is 29.1. The summed E-state index contributed by atoms with van der Waals surface area (Å²) < 4.78 is 23.0. The molecule has 2 amide bonds. The molecule has 0 saturated carbocycles. The van der Waals surface area contributed by atoms with Gasteiger partial charge in [0.15, 0.2) is 0 Å². The lowest BCUT2D eigenvalue weighted by Crippen LogP contribution is -2.28. The Hall–Kier alpha value is -6.24. The van der Waals surface area contributed by atoms with Crippen molar-refractivity contribution in [2.75, 3.05) is 51.0 Å². The fourth-order valence-corrected chi connectivity index (χ4v) is 5.16. The molecule has 0 fully saturated rings. The summed E-state index contributed by atoms with van der Waals surface area (Å²) in [5, 5.41) is 9.14. The lowest BCUT2D eigenvalue weighted by atomic mass is 10.1. The predicted molar refractivity (Wildman–Crippen MR) is 192 cm³/mol. The quantitative estimate of drug-likeness (QED) is 0.0780. The summed E-state index contributed by atoms with van der Waals surface area (Å²) in [7, 11) is 0. The first kappa shape index (κ1) is 33.7. The van der Waals surface area contributed by atoms with Crippen molar-refractivity contribution in [1.29, 1.82) is 0 Å². The maximum atomic E-state index is 12.5. The van der Waals surface area contributed by atoms with Crippen molar-refractivity contribution in [1.82, 2.24) is 20.6 Å². The standard InChI is InChI=1S/C38H36N6O6/c39-31-9-1-7-29-27(31)5-3-11-33(29)49-35-15-13-25(23-43-35)37(45)41-17-19-47-21-22-48-20-18-42-38(46)26-14-16-36(44-24-26)50-34-12-4-6-28-30(34)8-2-10-32(28)40/h1-16,23-24H,17-22,39-40H2,(H,41,45)(H,42,46). The number of ether oxygens (including phenoxy) is 4. The van der Waals surface area contributed by atoms with Gasteiger partial charge in [0.1, 0.15) is 11.5 Å². The molecule has 254 valence electrons. The second kappa shape index (κ2) is 16.2. The van der Waals surface area contributed by atoms with Gasteiger partial charge in [0, 0.05) is 70.5 Å².